The summed E-state index contributed by atoms with van der Waals surface area (Å²) in [6.45, 7) is 6.54. The molecule has 1 atom stereocenters. The maximum atomic E-state index is 12.9. The van der Waals surface area contributed by atoms with Crippen molar-refractivity contribution in [1.82, 2.24) is 0 Å². The van der Waals surface area contributed by atoms with Crippen LogP contribution in [0.1, 0.15) is 335 Å². The zero-order valence-corrected chi connectivity index (χ0v) is 49.4. The molecule has 0 aromatic rings. The van der Waals surface area contributed by atoms with Crippen molar-refractivity contribution >= 4 is 17.9 Å². The van der Waals surface area contributed by atoms with E-state index in [1.807, 2.05) is 0 Å². The Balaban J connectivity index is 4.33. The molecule has 0 N–H and O–H groups in total. The molecule has 0 rings (SSSR count). The second-order valence-electron chi connectivity index (χ2n) is 21.7. The zero-order chi connectivity index (χ0) is 53.6. The van der Waals surface area contributed by atoms with E-state index in [4.69, 9.17) is 14.2 Å². The number of esters is 3. The zero-order valence-electron chi connectivity index (χ0n) is 49.4. The lowest BCUT2D eigenvalue weighted by Crippen LogP contribution is -2.30. The van der Waals surface area contributed by atoms with Gasteiger partial charge in [0.1, 0.15) is 13.2 Å². The third-order valence-corrected chi connectivity index (χ3v) is 14.3. The smallest absolute Gasteiger partial charge is 0.306 e. The lowest BCUT2D eigenvalue weighted by Gasteiger charge is -2.18. The fourth-order valence-corrected chi connectivity index (χ4v) is 9.48. The monoisotopic (exact) mass is 1030 g/mol. The van der Waals surface area contributed by atoms with Crippen molar-refractivity contribution in [3.63, 3.8) is 0 Å². The van der Waals surface area contributed by atoms with Crippen LogP contribution in [0.25, 0.3) is 0 Å². The van der Waals surface area contributed by atoms with E-state index in [0.29, 0.717) is 19.3 Å². The van der Waals surface area contributed by atoms with E-state index >= 15 is 0 Å². The summed E-state index contributed by atoms with van der Waals surface area (Å²) in [5.74, 6) is -0.931. The molecule has 0 aromatic heterocycles. The number of carbonyl (C=O) groups excluding carboxylic acids is 3. The van der Waals surface area contributed by atoms with Crippen LogP contribution in [0.5, 0.6) is 0 Å². The van der Waals surface area contributed by atoms with Gasteiger partial charge in [0.15, 0.2) is 6.10 Å². The van der Waals surface area contributed by atoms with Crippen LogP contribution in [0.4, 0.5) is 0 Å². The van der Waals surface area contributed by atoms with Crippen LogP contribution in [-0.4, -0.2) is 37.2 Å². The van der Waals surface area contributed by atoms with Crippen molar-refractivity contribution in [2.75, 3.05) is 13.2 Å². The van der Waals surface area contributed by atoms with E-state index in [0.717, 1.165) is 77.0 Å². The fraction of sp³-hybridized carbons (Fsp3) is 0.809. The fourth-order valence-electron chi connectivity index (χ4n) is 9.48. The SMILES string of the molecule is CC/C=C\C/C=C\C/C=C\C/C=C\C/C=C\CCCC(=O)OC(COC(=O)CCCCCCCCCCCCCCCCC)COC(=O)CCCCCCCCCCCCCCCCCCCCCCCCCC. The summed E-state index contributed by atoms with van der Waals surface area (Å²) in [5, 5.41) is 0. The van der Waals surface area contributed by atoms with E-state index in [-0.39, 0.29) is 37.5 Å². The molecule has 0 radical (unpaired) electrons. The van der Waals surface area contributed by atoms with Crippen molar-refractivity contribution < 1.29 is 28.6 Å². The predicted molar refractivity (Wildman–Crippen MR) is 321 cm³/mol. The van der Waals surface area contributed by atoms with Gasteiger partial charge in [0.25, 0.3) is 0 Å². The van der Waals surface area contributed by atoms with Crippen LogP contribution in [0, 0.1) is 0 Å². The van der Waals surface area contributed by atoms with Crippen LogP contribution >= 0.6 is 0 Å². The Labute approximate surface area is 460 Å². The van der Waals surface area contributed by atoms with Crippen LogP contribution in [0.3, 0.4) is 0 Å². The van der Waals surface area contributed by atoms with E-state index in [2.05, 4.69) is 81.5 Å². The van der Waals surface area contributed by atoms with Crippen molar-refractivity contribution in [3.05, 3.63) is 60.8 Å². The van der Waals surface area contributed by atoms with Gasteiger partial charge in [-0.15, -0.1) is 0 Å². The summed E-state index contributed by atoms with van der Waals surface area (Å²) in [7, 11) is 0. The number of rotatable bonds is 59. The van der Waals surface area contributed by atoms with Gasteiger partial charge >= 0.3 is 17.9 Å². The van der Waals surface area contributed by atoms with Gasteiger partial charge in [-0.25, -0.2) is 0 Å². The summed E-state index contributed by atoms with van der Waals surface area (Å²) in [4.78, 5) is 38.3. The first-order valence-corrected chi connectivity index (χ1v) is 32.3. The normalized spacial score (nSPS) is 12.4. The number of allylic oxidation sites excluding steroid dienone is 10. The predicted octanol–water partition coefficient (Wildman–Crippen LogP) is 21.9. The molecule has 0 heterocycles. The summed E-state index contributed by atoms with van der Waals surface area (Å²) >= 11 is 0. The summed E-state index contributed by atoms with van der Waals surface area (Å²) < 4.78 is 16.9. The van der Waals surface area contributed by atoms with Crippen molar-refractivity contribution in [3.8, 4) is 0 Å². The van der Waals surface area contributed by atoms with E-state index in [1.54, 1.807) is 0 Å². The van der Waals surface area contributed by atoms with Gasteiger partial charge in [-0.1, -0.05) is 319 Å². The van der Waals surface area contributed by atoms with Crippen LogP contribution in [0.2, 0.25) is 0 Å². The molecule has 1 unspecified atom stereocenters. The lowest BCUT2D eigenvalue weighted by molar-refractivity contribution is -0.167. The van der Waals surface area contributed by atoms with Crippen LogP contribution in [-0.2, 0) is 28.6 Å². The largest absolute Gasteiger partial charge is 0.462 e. The van der Waals surface area contributed by atoms with Gasteiger partial charge in [0.05, 0.1) is 0 Å². The van der Waals surface area contributed by atoms with Crippen LogP contribution in [0.15, 0.2) is 60.8 Å². The molecule has 0 saturated carbocycles. The quantitative estimate of drug-likeness (QED) is 0.0261. The number of hydrogen-bond acceptors (Lipinski definition) is 6. The third kappa shape index (κ3) is 60.0. The molecule has 0 fully saturated rings. The Morgan fingerprint density at radius 1 is 0.284 bits per heavy atom. The molecule has 74 heavy (non-hydrogen) atoms. The topological polar surface area (TPSA) is 78.9 Å². The Hall–Kier alpha value is -2.89. The Bertz CT molecular complexity index is 1330. The van der Waals surface area contributed by atoms with Crippen molar-refractivity contribution in [2.45, 2.75) is 341 Å². The maximum Gasteiger partial charge on any atom is 0.306 e. The van der Waals surface area contributed by atoms with Gasteiger partial charge in [0, 0.05) is 19.3 Å². The highest BCUT2D eigenvalue weighted by atomic mass is 16.6. The minimum Gasteiger partial charge on any atom is -0.462 e. The lowest BCUT2D eigenvalue weighted by atomic mass is 10.0. The first-order valence-electron chi connectivity index (χ1n) is 32.3. The van der Waals surface area contributed by atoms with Gasteiger partial charge in [-0.3, -0.25) is 14.4 Å². The Kier molecular flexibility index (Phi) is 60.2. The standard InChI is InChI=1S/C68H122O6/c1-4-7-10-13-16-19-22-25-28-30-31-32-33-34-35-36-38-40-43-46-49-52-55-58-61-67(70)73-64-65(63-72-66(69)60-57-54-51-48-45-42-39-27-24-21-18-15-12-9-6-3)74-68(71)62-59-56-53-50-47-44-41-37-29-26-23-20-17-14-11-8-5-2/h8,11,17,20,26,29,41,44,50,53,65H,4-7,9-10,12-16,18-19,21-25,27-28,30-40,42-43,45-49,51-52,54-64H2,1-3H3/b11-8-,20-17-,29-26-,44-41-,53-50-. The number of unbranched alkanes of at least 4 members (excludes halogenated alkanes) is 38. The molecule has 0 amide bonds. The molecule has 0 aromatic carbocycles. The average Bonchev–Trinajstić information content (AvgIpc) is 3.40. The number of ether oxygens (including phenoxy) is 3. The second-order valence-corrected chi connectivity index (χ2v) is 21.7. The summed E-state index contributed by atoms with van der Waals surface area (Å²) in [6, 6.07) is 0. The van der Waals surface area contributed by atoms with E-state index in [9.17, 15) is 14.4 Å². The maximum absolute atomic E-state index is 12.9. The van der Waals surface area contributed by atoms with E-state index in [1.165, 1.54) is 212 Å². The minimum absolute atomic E-state index is 0.0923. The highest BCUT2D eigenvalue weighted by Gasteiger charge is 2.19. The molecule has 0 aliphatic heterocycles. The second kappa shape index (κ2) is 62.6. The molecule has 0 saturated heterocycles. The van der Waals surface area contributed by atoms with Crippen molar-refractivity contribution in [1.29, 1.82) is 0 Å². The molecule has 0 aliphatic carbocycles. The highest BCUT2D eigenvalue weighted by molar-refractivity contribution is 5.71. The Morgan fingerprint density at radius 3 is 0.811 bits per heavy atom. The van der Waals surface area contributed by atoms with Crippen LogP contribution < -0.4 is 0 Å². The Morgan fingerprint density at radius 2 is 0.527 bits per heavy atom. The average molecular weight is 1040 g/mol. The number of hydrogen-bond donors (Lipinski definition) is 0. The summed E-state index contributed by atoms with van der Waals surface area (Å²) in [5.41, 5.74) is 0. The van der Waals surface area contributed by atoms with Gasteiger partial charge < -0.3 is 14.2 Å². The first kappa shape index (κ1) is 71.1. The highest BCUT2D eigenvalue weighted by Crippen LogP contribution is 2.18. The van der Waals surface area contributed by atoms with Crippen molar-refractivity contribution in [2.24, 2.45) is 0 Å². The van der Waals surface area contributed by atoms with Gasteiger partial charge in [-0.05, 0) is 57.8 Å². The van der Waals surface area contributed by atoms with Gasteiger partial charge in [0.2, 0.25) is 0 Å². The van der Waals surface area contributed by atoms with Gasteiger partial charge in [-0.2, -0.15) is 0 Å². The summed E-state index contributed by atoms with van der Waals surface area (Å²) in [6.07, 6.45) is 79.6. The van der Waals surface area contributed by atoms with E-state index < -0.39 is 6.10 Å². The molecule has 0 spiro atoms. The number of carbonyl (C=O) groups is 3. The third-order valence-electron chi connectivity index (χ3n) is 14.3. The molecule has 6 nitrogen and oxygen atoms in total. The molecular weight excluding hydrogens is 913 g/mol. The molecule has 0 bridgehead atoms. The first-order chi connectivity index (χ1) is 36.5. The minimum atomic E-state index is -0.802. The molecular formula is C68H122O6. The molecule has 430 valence electrons. The molecule has 0 aliphatic rings. The molecule has 6 heteroatoms.